The molecule has 1 aliphatic heterocycles. The minimum Gasteiger partial charge on any atom is -0.469 e. The van der Waals surface area contributed by atoms with Crippen molar-refractivity contribution in [2.45, 2.75) is 19.4 Å². The van der Waals surface area contributed by atoms with Gasteiger partial charge in [0.25, 0.3) is 5.69 Å². The van der Waals surface area contributed by atoms with E-state index in [-0.39, 0.29) is 17.6 Å². The minimum absolute atomic E-state index is 0.0280. The van der Waals surface area contributed by atoms with Crippen LogP contribution in [-0.4, -0.2) is 36.0 Å². The van der Waals surface area contributed by atoms with E-state index in [1.807, 2.05) is 6.07 Å². The number of likely N-dealkylation sites (tertiary alicyclic amines) is 1. The second kappa shape index (κ2) is 7.00. The number of benzene rings is 1. The summed E-state index contributed by atoms with van der Waals surface area (Å²) in [6.45, 7) is 2.21. The minimum atomic E-state index is -0.392. The molecule has 21 heavy (non-hydrogen) atoms. The SMILES string of the molecule is COC(=O)C1CCN(Cc2cccc([N+](=O)[O-])c2Br)CC1. The van der Waals surface area contributed by atoms with Crippen LogP contribution < -0.4 is 0 Å². The zero-order valence-corrected chi connectivity index (χ0v) is 13.3. The van der Waals surface area contributed by atoms with E-state index < -0.39 is 4.92 Å². The third kappa shape index (κ3) is 3.79. The summed E-state index contributed by atoms with van der Waals surface area (Å²) in [7, 11) is 1.41. The van der Waals surface area contributed by atoms with Gasteiger partial charge in [0.05, 0.1) is 22.4 Å². The van der Waals surface area contributed by atoms with E-state index in [2.05, 4.69) is 20.8 Å². The standard InChI is InChI=1S/C14H17BrN2O4/c1-21-14(18)10-5-7-16(8-6-10)9-11-3-2-4-12(13(11)15)17(19)20/h2-4,10H,5-9H2,1H3. The normalized spacial score (nSPS) is 16.7. The van der Waals surface area contributed by atoms with Crippen molar-refractivity contribution in [2.24, 2.45) is 5.92 Å². The van der Waals surface area contributed by atoms with Gasteiger partial charge in [-0.25, -0.2) is 0 Å². The average molecular weight is 357 g/mol. The van der Waals surface area contributed by atoms with Crippen molar-refractivity contribution < 1.29 is 14.5 Å². The Morgan fingerprint density at radius 1 is 1.48 bits per heavy atom. The Labute approximate surface area is 131 Å². The molecule has 1 aromatic rings. The molecule has 0 unspecified atom stereocenters. The van der Waals surface area contributed by atoms with Crippen molar-refractivity contribution in [2.75, 3.05) is 20.2 Å². The van der Waals surface area contributed by atoms with Crippen LogP contribution in [0, 0.1) is 16.0 Å². The summed E-state index contributed by atoms with van der Waals surface area (Å²) in [6.07, 6.45) is 1.53. The van der Waals surface area contributed by atoms with Gasteiger partial charge in [-0.05, 0) is 47.4 Å². The number of halogens is 1. The van der Waals surface area contributed by atoms with E-state index in [0.29, 0.717) is 11.0 Å². The highest BCUT2D eigenvalue weighted by molar-refractivity contribution is 9.10. The number of nitro benzene ring substituents is 1. The first-order chi connectivity index (χ1) is 10.0. The van der Waals surface area contributed by atoms with Crippen LogP contribution in [0.5, 0.6) is 0 Å². The maximum absolute atomic E-state index is 11.5. The molecular formula is C14H17BrN2O4. The largest absolute Gasteiger partial charge is 0.469 e. The molecule has 114 valence electrons. The predicted molar refractivity (Wildman–Crippen MR) is 80.8 cm³/mol. The van der Waals surface area contributed by atoms with Crippen molar-refractivity contribution in [3.63, 3.8) is 0 Å². The van der Waals surface area contributed by atoms with Crippen molar-refractivity contribution >= 4 is 27.6 Å². The van der Waals surface area contributed by atoms with Gasteiger partial charge in [0.2, 0.25) is 0 Å². The van der Waals surface area contributed by atoms with E-state index in [1.54, 1.807) is 6.07 Å². The van der Waals surface area contributed by atoms with Crippen LogP contribution in [0.15, 0.2) is 22.7 Å². The number of hydrogen-bond acceptors (Lipinski definition) is 5. The summed E-state index contributed by atoms with van der Waals surface area (Å²) < 4.78 is 5.30. The molecule has 0 atom stereocenters. The highest BCUT2D eigenvalue weighted by atomic mass is 79.9. The summed E-state index contributed by atoms with van der Waals surface area (Å²) in [4.78, 5) is 24.2. The third-order valence-electron chi connectivity index (χ3n) is 3.77. The van der Waals surface area contributed by atoms with Crippen LogP contribution in [-0.2, 0) is 16.1 Å². The molecule has 0 radical (unpaired) electrons. The number of rotatable bonds is 4. The summed E-state index contributed by atoms with van der Waals surface area (Å²) in [5.74, 6) is -0.175. The lowest BCUT2D eigenvalue weighted by molar-refractivity contribution is -0.385. The van der Waals surface area contributed by atoms with E-state index in [0.717, 1.165) is 31.5 Å². The molecule has 2 rings (SSSR count). The molecule has 1 aliphatic rings. The molecule has 1 aromatic carbocycles. The molecule has 6 nitrogen and oxygen atoms in total. The highest BCUT2D eigenvalue weighted by Crippen LogP contribution is 2.30. The monoisotopic (exact) mass is 356 g/mol. The van der Waals surface area contributed by atoms with E-state index >= 15 is 0 Å². The topological polar surface area (TPSA) is 72.7 Å². The Morgan fingerprint density at radius 3 is 2.71 bits per heavy atom. The fourth-order valence-electron chi connectivity index (χ4n) is 2.56. The van der Waals surface area contributed by atoms with E-state index in [1.165, 1.54) is 13.2 Å². The smallest absolute Gasteiger partial charge is 0.308 e. The van der Waals surface area contributed by atoms with Gasteiger partial charge in [-0.15, -0.1) is 0 Å². The zero-order valence-electron chi connectivity index (χ0n) is 11.8. The van der Waals surface area contributed by atoms with Gasteiger partial charge in [0.1, 0.15) is 0 Å². The molecule has 1 heterocycles. The zero-order chi connectivity index (χ0) is 15.4. The van der Waals surface area contributed by atoms with Crippen LogP contribution in [0.25, 0.3) is 0 Å². The van der Waals surface area contributed by atoms with Gasteiger partial charge in [0, 0.05) is 12.6 Å². The Kier molecular flexibility index (Phi) is 5.30. The van der Waals surface area contributed by atoms with Crippen molar-refractivity contribution in [3.8, 4) is 0 Å². The summed E-state index contributed by atoms with van der Waals surface area (Å²) in [5, 5.41) is 10.9. The molecule has 0 amide bonds. The fourth-order valence-corrected chi connectivity index (χ4v) is 3.10. The summed E-state index contributed by atoms with van der Waals surface area (Å²) >= 11 is 3.31. The van der Waals surface area contributed by atoms with E-state index in [4.69, 9.17) is 4.74 Å². The number of methoxy groups -OCH3 is 1. The lowest BCUT2D eigenvalue weighted by atomic mass is 9.96. The van der Waals surface area contributed by atoms with Gasteiger partial charge >= 0.3 is 5.97 Å². The van der Waals surface area contributed by atoms with Crippen molar-refractivity contribution in [1.82, 2.24) is 4.90 Å². The first kappa shape index (κ1) is 15.9. The molecule has 0 spiro atoms. The number of nitro groups is 1. The van der Waals surface area contributed by atoms with Crippen molar-refractivity contribution in [3.05, 3.63) is 38.3 Å². The Balaban J connectivity index is 1.99. The third-order valence-corrected chi connectivity index (χ3v) is 4.69. The molecule has 0 aliphatic carbocycles. The summed E-state index contributed by atoms with van der Waals surface area (Å²) in [5.41, 5.74) is 0.970. The molecule has 1 fully saturated rings. The molecule has 0 saturated carbocycles. The number of carbonyl (C=O) groups excluding carboxylic acids is 1. The van der Waals surface area contributed by atoms with Gasteiger partial charge in [-0.3, -0.25) is 19.8 Å². The summed E-state index contributed by atoms with van der Waals surface area (Å²) in [6, 6.07) is 5.06. The van der Waals surface area contributed by atoms with Gasteiger partial charge in [0.15, 0.2) is 0 Å². The maximum Gasteiger partial charge on any atom is 0.308 e. The van der Waals surface area contributed by atoms with Crippen LogP contribution in [0.3, 0.4) is 0 Å². The molecular weight excluding hydrogens is 340 g/mol. The maximum atomic E-state index is 11.5. The Morgan fingerprint density at radius 2 is 2.14 bits per heavy atom. The van der Waals surface area contributed by atoms with Gasteiger partial charge in [-0.1, -0.05) is 12.1 Å². The Hall–Kier alpha value is -1.47. The number of piperidine rings is 1. The second-order valence-corrected chi connectivity index (χ2v) is 5.87. The molecule has 1 saturated heterocycles. The van der Waals surface area contributed by atoms with Crippen LogP contribution in [0.1, 0.15) is 18.4 Å². The lowest BCUT2D eigenvalue weighted by Crippen LogP contribution is -2.36. The lowest BCUT2D eigenvalue weighted by Gasteiger charge is -2.30. The van der Waals surface area contributed by atoms with Gasteiger partial charge in [-0.2, -0.15) is 0 Å². The first-order valence-corrected chi connectivity index (χ1v) is 7.54. The number of nitrogens with zero attached hydrogens (tertiary/aromatic N) is 2. The average Bonchev–Trinajstić information content (AvgIpc) is 2.49. The molecule has 7 heteroatoms. The fraction of sp³-hybridized carbons (Fsp3) is 0.500. The number of esters is 1. The number of ether oxygens (including phenoxy) is 1. The number of hydrogen-bond donors (Lipinski definition) is 0. The number of carbonyl (C=O) groups is 1. The van der Waals surface area contributed by atoms with Crippen LogP contribution in [0.2, 0.25) is 0 Å². The second-order valence-electron chi connectivity index (χ2n) is 5.08. The van der Waals surface area contributed by atoms with Gasteiger partial charge < -0.3 is 4.74 Å². The Bertz CT molecular complexity index is 542. The van der Waals surface area contributed by atoms with Crippen LogP contribution in [0.4, 0.5) is 5.69 Å². The van der Waals surface area contributed by atoms with Crippen molar-refractivity contribution in [1.29, 1.82) is 0 Å². The molecule has 0 bridgehead atoms. The predicted octanol–water partition coefficient (Wildman–Crippen LogP) is 2.74. The molecule has 0 aromatic heterocycles. The highest BCUT2D eigenvalue weighted by Gasteiger charge is 2.26. The first-order valence-electron chi connectivity index (χ1n) is 6.75. The molecule has 0 N–H and O–H groups in total. The van der Waals surface area contributed by atoms with Crippen LogP contribution >= 0.6 is 15.9 Å². The quantitative estimate of drug-likeness (QED) is 0.471. The van der Waals surface area contributed by atoms with E-state index in [9.17, 15) is 14.9 Å².